The first-order chi connectivity index (χ1) is 17.5. The number of ketones is 1. The van der Waals surface area contributed by atoms with Crippen LogP contribution >= 0.6 is 0 Å². The maximum absolute atomic E-state index is 13.5. The number of nitrogens with one attached hydrogen (secondary N) is 3. The van der Waals surface area contributed by atoms with Crippen LogP contribution in [0, 0.1) is 6.92 Å². The number of carbonyl (C=O) groups excluding carboxylic acids is 1. The minimum Gasteiger partial charge on any atom is -0.366 e. The summed E-state index contributed by atoms with van der Waals surface area (Å²) in [5.41, 5.74) is 3.74. The second-order valence-electron chi connectivity index (χ2n) is 9.58. The zero-order valence-electron chi connectivity index (χ0n) is 20.5. The van der Waals surface area contributed by atoms with Gasteiger partial charge < -0.3 is 20.5 Å². The van der Waals surface area contributed by atoms with Crippen LogP contribution in [0.1, 0.15) is 54.6 Å². The van der Waals surface area contributed by atoms with Crippen LogP contribution in [0.3, 0.4) is 0 Å². The predicted molar refractivity (Wildman–Crippen MR) is 138 cm³/mol. The highest BCUT2D eigenvalue weighted by atomic mass is 16.1. The van der Waals surface area contributed by atoms with E-state index >= 15 is 0 Å². The van der Waals surface area contributed by atoms with E-state index in [9.17, 15) is 9.59 Å². The topological polar surface area (TPSA) is 134 Å². The van der Waals surface area contributed by atoms with Gasteiger partial charge in [0.1, 0.15) is 11.2 Å². The molecule has 1 saturated carbocycles. The lowest BCUT2D eigenvalue weighted by atomic mass is 10.0. The average molecular weight is 488 g/mol. The zero-order chi connectivity index (χ0) is 24.8. The van der Waals surface area contributed by atoms with Gasteiger partial charge in [-0.3, -0.25) is 14.2 Å². The molecule has 6 rings (SSSR count). The number of aromatic amines is 1. The van der Waals surface area contributed by atoms with Gasteiger partial charge in [-0.25, -0.2) is 15.0 Å². The predicted octanol–water partition coefficient (Wildman–Crippen LogP) is 2.84. The van der Waals surface area contributed by atoms with Crippen molar-refractivity contribution in [1.29, 1.82) is 0 Å². The molecule has 11 nitrogen and oxygen atoms in total. The van der Waals surface area contributed by atoms with E-state index in [1.165, 1.54) is 6.92 Å². The lowest BCUT2D eigenvalue weighted by molar-refractivity contribution is 0.101. The average Bonchev–Trinajstić information content (AvgIpc) is 3.58. The smallest absolute Gasteiger partial charge is 0.263 e. The molecule has 5 heterocycles. The minimum absolute atomic E-state index is 0.0240. The molecule has 0 spiro atoms. The molecule has 1 saturated heterocycles. The Labute approximate surface area is 207 Å². The fourth-order valence-corrected chi connectivity index (χ4v) is 5.57. The first kappa shape index (κ1) is 22.6. The lowest BCUT2D eigenvalue weighted by Crippen LogP contribution is -2.43. The summed E-state index contributed by atoms with van der Waals surface area (Å²) in [6.07, 6.45) is 9.09. The number of pyridine rings is 2. The number of rotatable bonds is 5. The van der Waals surface area contributed by atoms with Crippen molar-refractivity contribution >= 4 is 45.3 Å². The number of aromatic nitrogens is 6. The van der Waals surface area contributed by atoms with Crippen molar-refractivity contribution in [2.45, 2.75) is 45.6 Å². The number of piperazine rings is 1. The molecule has 1 aliphatic carbocycles. The SMILES string of the molecule is CC(=O)c1c(C)c2cnc(Nc3ncc(N4CCNCC4)c4[nH]cnc34)nc2n(C2CCCC2)c1=O. The number of H-pyrrole nitrogens is 1. The number of Topliss-reactive ketones (excluding diaryl/α,β-unsaturated/α-hetero) is 1. The van der Waals surface area contributed by atoms with Crippen molar-refractivity contribution in [2.24, 2.45) is 0 Å². The van der Waals surface area contributed by atoms with Crippen LogP contribution in [0.25, 0.3) is 22.1 Å². The van der Waals surface area contributed by atoms with Gasteiger partial charge in [0.05, 0.1) is 29.3 Å². The standard InChI is InChI=1S/C25H29N9O2/c1-14-17-11-28-25(32-23(17)34(16-5-3-4-6-16)24(36)19(14)15(2)35)31-22-21-20(29-13-30-21)18(12-27-22)33-9-7-26-8-10-33/h11-13,16,26H,3-10H2,1-2H3,(H,29,30)(H,27,28,31,32). The van der Waals surface area contributed by atoms with Crippen LogP contribution in [0.5, 0.6) is 0 Å². The summed E-state index contributed by atoms with van der Waals surface area (Å²) in [6, 6.07) is 0.0240. The number of carbonyl (C=O) groups is 1. The summed E-state index contributed by atoms with van der Waals surface area (Å²) in [5, 5.41) is 7.30. The summed E-state index contributed by atoms with van der Waals surface area (Å²) in [5.74, 6) is 0.634. The second kappa shape index (κ2) is 8.98. The van der Waals surface area contributed by atoms with E-state index in [-0.39, 0.29) is 22.9 Å². The lowest BCUT2D eigenvalue weighted by Gasteiger charge is -2.29. The first-order valence-corrected chi connectivity index (χ1v) is 12.5. The Kier molecular flexibility index (Phi) is 5.63. The number of imidazole rings is 1. The van der Waals surface area contributed by atoms with Crippen molar-refractivity contribution in [3.63, 3.8) is 0 Å². The van der Waals surface area contributed by atoms with Gasteiger partial charge in [-0.1, -0.05) is 12.8 Å². The summed E-state index contributed by atoms with van der Waals surface area (Å²) in [4.78, 5) is 49.8. The van der Waals surface area contributed by atoms with Gasteiger partial charge in [0.25, 0.3) is 5.56 Å². The number of aryl methyl sites for hydroxylation is 1. The number of nitrogens with zero attached hydrogens (tertiary/aromatic N) is 6. The molecule has 4 aromatic heterocycles. The monoisotopic (exact) mass is 487 g/mol. The van der Waals surface area contributed by atoms with Gasteiger partial charge in [0, 0.05) is 43.8 Å². The molecule has 36 heavy (non-hydrogen) atoms. The van der Waals surface area contributed by atoms with Gasteiger partial charge in [-0.15, -0.1) is 0 Å². The molecular formula is C25H29N9O2. The number of hydrogen-bond donors (Lipinski definition) is 3. The van der Waals surface area contributed by atoms with Crippen LogP contribution in [-0.2, 0) is 0 Å². The molecule has 0 bridgehead atoms. The zero-order valence-corrected chi connectivity index (χ0v) is 20.5. The van der Waals surface area contributed by atoms with Crippen molar-refractivity contribution in [2.75, 3.05) is 36.4 Å². The molecule has 0 amide bonds. The highest BCUT2D eigenvalue weighted by molar-refractivity contribution is 5.99. The summed E-state index contributed by atoms with van der Waals surface area (Å²) in [7, 11) is 0. The second-order valence-corrected chi connectivity index (χ2v) is 9.58. The molecule has 2 fully saturated rings. The van der Waals surface area contributed by atoms with E-state index in [1.54, 1.807) is 24.0 Å². The third-order valence-corrected chi connectivity index (χ3v) is 7.37. The molecule has 0 aromatic carbocycles. The number of fused-ring (bicyclic) bond motifs is 2. The van der Waals surface area contributed by atoms with Crippen LogP contribution in [0.4, 0.5) is 17.5 Å². The highest BCUT2D eigenvalue weighted by Crippen LogP contribution is 2.33. The summed E-state index contributed by atoms with van der Waals surface area (Å²) >= 11 is 0. The van der Waals surface area contributed by atoms with Gasteiger partial charge in [-0.2, -0.15) is 4.98 Å². The number of hydrogen-bond acceptors (Lipinski definition) is 9. The van der Waals surface area contributed by atoms with Gasteiger partial charge >= 0.3 is 0 Å². The quantitative estimate of drug-likeness (QED) is 0.363. The van der Waals surface area contributed by atoms with E-state index in [4.69, 9.17) is 4.98 Å². The molecule has 2 aliphatic rings. The third-order valence-electron chi connectivity index (χ3n) is 7.37. The Bertz CT molecular complexity index is 1530. The van der Waals surface area contributed by atoms with Crippen molar-refractivity contribution < 1.29 is 4.79 Å². The Morgan fingerprint density at radius 3 is 2.64 bits per heavy atom. The molecule has 0 unspecified atom stereocenters. The van der Waals surface area contributed by atoms with Crippen LogP contribution in [0.2, 0.25) is 0 Å². The van der Waals surface area contributed by atoms with E-state index in [2.05, 4.69) is 35.5 Å². The van der Waals surface area contributed by atoms with Gasteiger partial charge in [0.2, 0.25) is 5.95 Å². The molecular weight excluding hydrogens is 458 g/mol. The first-order valence-electron chi connectivity index (χ1n) is 12.5. The Balaban J connectivity index is 1.44. The Hall–Kier alpha value is -3.86. The van der Waals surface area contributed by atoms with Crippen molar-refractivity contribution in [3.8, 4) is 0 Å². The third kappa shape index (κ3) is 3.70. The van der Waals surface area contributed by atoms with E-state index in [1.807, 2.05) is 6.20 Å². The van der Waals surface area contributed by atoms with Crippen LogP contribution in [-0.4, -0.2) is 61.4 Å². The maximum atomic E-state index is 13.5. The highest BCUT2D eigenvalue weighted by Gasteiger charge is 2.26. The van der Waals surface area contributed by atoms with Gasteiger partial charge in [0.15, 0.2) is 11.6 Å². The molecule has 186 valence electrons. The molecule has 3 N–H and O–H groups in total. The van der Waals surface area contributed by atoms with Crippen LogP contribution < -0.4 is 21.1 Å². The van der Waals surface area contributed by atoms with Crippen molar-refractivity contribution in [3.05, 3.63) is 40.2 Å². The fourth-order valence-electron chi connectivity index (χ4n) is 5.57. The minimum atomic E-state index is -0.266. The maximum Gasteiger partial charge on any atom is 0.263 e. The van der Waals surface area contributed by atoms with E-state index in [0.29, 0.717) is 33.9 Å². The Morgan fingerprint density at radius 1 is 1.11 bits per heavy atom. The Morgan fingerprint density at radius 2 is 1.89 bits per heavy atom. The molecule has 4 aromatic rings. The van der Waals surface area contributed by atoms with Crippen molar-refractivity contribution in [1.82, 2.24) is 34.8 Å². The fraction of sp³-hybridized carbons (Fsp3) is 0.440. The van der Waals surface area contributed by atoms with E-state index in [0.717, 1.165) is 63.1 Å². The molecule has 0 radical (unpaired) electrons. The van der Waals surface area contributed by atoms with Gasteiger partial charge in [-0.05, 0) is 32.3 Å². The summed E-state index contributed by atoms with van der Waals surface area (Å²) in [6.45, 7) is 6.88. The summed E-state index contributed by atoms with van der Waals surface area (Å²) < 4.78 is 1.71. The molecule has 1 aliphatic heterocycles. The molecule has 11 heteroatoms. The van der Waals surface area contributed by atoms with E-state index < -0.39 is 0 Å². The molecule has 0 atom stereocenters. The van der Waals surface area contributed by atoms with Crippen LogP contribution in [0.15, 0.2) is 23.5 Å². The normalized spacial score (nSPS) is 16.8. The number of anilines is 3. The largest absolute Gasteiger partial charge is 0.366 e.